The maximum Gasteiger partial charge on any atom is 0.272 e. The molecule has 2 saturated heterocycles. The summed E-state index contributed by atoms with van der Waals surface area (Å²) in [5.74, 6) is 0.138. The van der Waals surface area contributed by atoms with Gasteiger partial charge in [0.1, 0.15) is 5.69 Å². The van der Waals surface area contributed by atoms with Gasteiger partial charge in [0.15, 0.2) is 0 Å². The second kappa shape index (κ2) is 7.85. The molecule has 4 rings (SSSR count). The number of aromatic nitrogens is 3. The van der Waals surface area contributed by atoms with E-state index in [1.807, 2.05) is 16.7 Å². The smallest absolute Gasteiger partial charge is 0.272 e. The molecule has 2 amide bonds. The fraction of sp³-hybridized carbons (Fsp3) is 0.524. The SMILES string of the molecule is CC(=O)N1CCN(c2cc(C)nc([C@H]3CCCN3C(=O)c3ccnn3C)c2)CC1. The molecule has 154 valence electrons. The third kappa shape index (κ3) is 3.83. The molecule has 8 nitrogen and oxygen atoms in total. The summed E-state index contributed by atoms with van der Waals surface area (Å²) in [5.41, 5.74) is 3.62. The second-order valence-corrected chi connectivity index (χ2v) is 7.88. The number of hydrogen-bond donors (Lipinski definition) is 0. The van der Waals surface area contributed by atoms with Gasteiger partial charge in [0.25, 0.3) is 5.91 Å². The van der Waals surface area contributed by atoms with Crippen LogP contribution >= 0.6 is 0 Å². The van der Waals surface area contributed by atoms with Gasteiger partial charge in [-0.25, -0.2) is 0 Å². The molecule has 0 unspecified atom stereocenters. The van der Waals surface area contributed by atoms with Gasteiger partial charge in [-0.1, -0.05) is 0 Å². The molecular formula is C21H28N6O2. The first kappa shape index (κ1) is 19.4. The Balaban J connectivity index is 1.56. The zero-order valence-corrected chi connectivity index (χ0v) is 17.3. The van der Waals surface area contributed by atoms with Gasteiger partial charge in [-0.2, -0.15) is 5.10 Å². The van der Waals surface area contributed by atoms with E-state index in [-0.39, 0.29) is 17.9 Å². The van der Waals surface area contributed by atoms with Crippen LogP contribution in [0.15, 0.2) is 24.4 Å². The van der Waals surface area contributed by atoms with Crippen LogP contribution in [0.4, 0.5) is 5.69 Å². The highest BCUT2D eigenvalue weighted by molar-refractivity contribution is 5.93. The Morgan fingerprint density at radius 3 is 2.52 bits per heavy atom. The lowest BCUT2D eigenvalue weighted by molar-refractivity contribution is -0.129. The van der Waals surface area contributed by atoms with Crippen LogP contribution in [0.25, 0.3) is 0 Å². The highest BCUT2D eigenvalue weighted by Gasteiger charge is 2.33. The lowest BCUT2D eigenvalue weighted by atomic mass is 10.1. The van der Waals surface area contributed by atoms with Gasteiger partial charge in [0.2, 0.25) is 5.91 Å². The summed E-state index contributed by atoms with van der Waals surface area (Å²) in [7, 11) is 1.79. The number of likely N-dealkylation sites (tertiary alicyclic amines) is 1. The van der Waals surface area contributed by atoms with Gasteiger partial charge in [-0.3, -0.25) is 19.3 Å². The fourth-order valence-electron chi connectivity index (χ4n) is 4.36. The number of piperazine rings is 1. The van der Waals surface area contributed by atoms with Crippen LogP contribution in [0.3, 0.4) is 0 Å². The molecule has 29 heavy (non-hydrogen) atoms. The first-order valence-electron chi connectivity index (χ1n) is 10.2. The van der Waals surface area contributed by atoms with Crippen molar-refractivity contribution in [2.45, 2.75) is 32.7 Å². The van der Waals surface area contributed by atoms with Gasteiger partial charge >= 0.3 is 0 Å². The summed E-state index contributed by atoms with van der Waals surface area (Å²) in [4.78, 5) is 35.6. The van der Waals surface area contributed by atoms with Crippen molar-refractivity contribution < 1.29 is 9.59 Å². The highest BCUT2D eigenvalue weighted by atomic mass is 16.2. The van der Waals surface area contributed by atoms with Crippen LogP contribution in [-0.4, -0.2) is 69.1 Å². The number of anilines is 1. The lowest BCUT2D eigenvalue weighted by Gasteiger charge is -2.36. The number of carbonyl (C=O) groups excluding carboxylic acids is 2. The van der Waals surface area contributed by atoms with Crippen LogP contribution in [0.1, 0.15) is 47.7 Å². The minimum Gasteiger partial charge on any atom is -0.368 e. The van der Waals surface area contributed by atoms with E-state index in [1.54, 1.807) is 30.9 Å². The third-order valence-electron chi connectivity index (χ3n) is 5.94. The maximum atomic E-state index is 13.1. The van der Waals surface area contributed by atoms with Crippen molar-refractivity contribution >= 4 is 17.5 Å². The van der Waals surface area contributed by atoms with Gasteiger partial charge in [-0.05, 0) is 38.0 Å². The number of pyridine rings is 1. The molecule has 2 aliphatic heterocycles. The van der Waals surface area contributed by atoms with Crippen molar-refractivity contribution in [3.63, 3.8) is 0 Å². The normalized spacial score (nSPS) is 19.7. The van der Waals surface area contributed by atoms with Crippen LogP contribution in [0, 0.1) is 6.92 Å². The van der Waals surface area contributed by atoms with Crippen molar-refractivity contribution in [2.24, 2.45) is 7.05 Å². The van der Waals surface area contributed by atoms with E-state index in [0.29, 0.717) is 5.69 Å². The number of carbonyl (C=O) groups is 2. The molecule has 0 bridgehead atoms. The first-order chi connectivity index (χ1) is 13.9. The van der Waals surface area contributed by atoms with E-state index in [2.05, 4.69) is 22.1 Å². The quantitative estimate of drug-likeness (QED) is 0.791. The zero-order chi connectivity index (χ0) is 20.5. The largest absolute Gasteiger partial charge is 0.368 e. The van der Waals surface area contributed by atoms with E-state index >= 15 is 0 Å². The van der Waals surface area contributed by atoms with Crippen LogP contribution < -0.4 is 4.90 Å². The van der Waals surface area contributed by atoms with Crippen molar-refractivity contribution in [3.05, 3.63) is 41.5 Å². The summed E-state index contributed by atoms with van der Waals surface area (Å²) >= 11 is 0. The Hall–Kier alpha value is -2.90. The van der Waals surface area contributed by atoms with Crippen LogP contribution in [-0.2, 0) is 11.8 Å². The standard InChI is InChI=1S/C21H28N6O2/c1-15-13-17(26-11-9-25(10-12-26)16(2)28)14-18(23-15)19-5-4-8-27(19)21(29)20-6-7-22-24(20)3/h6-7,13-14,19H,4-5,8-12H2,1-3H3/t19-/m1/s1. The number of amides is 2. The average Bonchev–Trinajstić information content (AvgIpc) is 3.36. The topological polar surface area (TPSA) is 74.6 Å². The zero-order valence-electron chi connectivity index (χ0n) is 17.3. The van der Waals surface area contributed by atoms with Crippen molar-refractivity contribution in [1.29, 1.82) is 0 Å². The van der Waals surface area contributed by atoms with E-state index in [9.17, 15) is 9.59 Å². The van der Waals surface area contributed by atoms with E-state index in [1.165, 1.54) is 0 Å². The van der Waals surface area contributed by atoms with Crippen molar-refractivity contribution in [2.75, 3.05) is 37.6 Å². The van der Waals surface area contributed by atoms with Gasteiger partial charge in [0.05, 0.1) is 11.7 Å². The minimum atomic E-state index is -0.0189. The van der Waals surface area contributed by atoms with Crippen LogP contribution in [0.5, 0.6) is 0 Å². The predicted molar refractivity (Wildman–Crippen MR) is 110 cm³/mol. The first-order valence-corrected chi connectivity index (χ1v) is 10.2. The summed E-state index contributed by atoms with van der Waals surface area (Å²) < 4.78 is 1.63. The lowest BCUT2D eigenvalue weighted by Crippen LogP contribution is -2.48. The molecule has 0 saturated carbocycles. The maximum absolute atomic E-state index is 13.1. The molecule has 0 aliphatic carbocycles. The Bertz CT molecular complexity index is 916. The molecule has 0 N–H and O–H groups in total. The summed E-state index contributed by atoms with van der Waals surface area (Å²) in [6.45, 7) is 7.45. The van der Waals surface area contributed by atoms with Gasteiger partial charge in [0, 0.05) is 64.3 Å². The summed E-state index contributed by atoms with van der Waals surface area (Å²) in [6, 6.07) is 5.96. The van der Waals surface area contributed by atoms with E-state index < -0.39 is 0 Å². The molecule has 8 heteroatoms. The highest BCUT2D eigenvalue weighted by Crippen LogP contribution is 2.34. The molecule has 0 radical (unpaired) electrons. The number of aryl methyl sites for hydroxylation is 2. The van der Waals surface area contributed by atoms with E-state index in [4.69, 9.17) is 4.98 Å². The number of rotatable bonds is 3. The average molecular weight is 396 g/mol. The number of hydrogen-bond acceptors (Lipinski definition) is 5. The molecule has 2 aromatic heterocycles. The minimum absolute atomic E-state index is 0.00688. The molecule has 0 spiro atoms. The fourth-order valence-corrected chi connectivity index (χ4v) is 4.36. The summed E-state index contributed by atoms with van der Waals surface area (Å²) in [5, 5.41) is 4.13. The number of nitrogens with zero attached hydrogens (tertiary/aromatic N) is 6. The predicted octanol–water partition coefficient (Wildman–Crippen LogP) is 1.77. The van der Waals surface area contributed by atoms with Gasteiger partial charge < -0.3 is 14.7 Å². The second-order valence-electron chi connectivity index (χ2n) is 7.88. The summed E-state index contributed by atoms with van der Waals surface area (Å²) in [6.07, 6.45) is 3.54. The molecule has 2 fully saturated rings. The Morgan fingerprint density at radius 2 is 1.86 bits per heavy atom. The Kier molecular flexibility index (Phi) is 5.25. The molecular weight excluding hydrogens is 368 g/mol. The monoisotopic (exact) mass is 396 g/mol. The van der Waals surface area contributed by atoms with Gasteiger partial charge in [-0.15, -0.1) is 0 Å². The third-order valence-corrected chi connectivity index (χ3v) is 5.94. The van der Waals surface area contributed by atoms with Crippen molar-refractivity contribution in [3.8, 4) is 0 Å². The molecule has 1 atom stereocenters. The molecule has 4 heterocycles. The van der Waals surface area contributed by atoms with Crippen molar-refractivity contribution in [1.82, 2.24) is 24.6 Å². The Morgan fingerprint density at radius 1 is 1.10 bits per heavy atom. The molecule has 0 aromatic carbocycles. The molecule has 2 aliphatic rings. The molecule has 2 aromatic rings. The Labute approximate surface area is 171 Å². The van der Waals surface area contributed by atoms with Crippen LogP contribution in [0.2, 0.25) is 0 Å². The van der Waals surface area contributed by atoms with E-state index in [0.717, 1.165) is 62.6 Å².